The summed E-state index contributed by atoms with van der Waals surface area (Å²) >= 11 is 5.94. The summed E-state index contributed by atoms with van der Waals surface area (Å²) in [5.41, 5.74) is 0.693. The van der Waals surface area contributed by atoms with E-state index in [1.165, 1.54) is 24.5 Å². The van der Waals surface area contributed by atoms with E-state index in [2.05, 4.69) is 30.6 Å². The third-order valence-corrected chi connectivity index (χ3v) is 6.23. The van der Waals surface area contributed by atoms with E-state index in [4.69, 9.17) is 11.6 Å². The largest absolute Gasteiger partial charge is 0.365 e. The van der Waals surface area contributed by atoms with Crippen LogP contribution in [-0.2, 0) is 0 Å². The molecule has 180 valence electrons. The van der Waals surface area contributed by atoms with Gasteiger partial charge in [-0.15, -0.1) is 0 Å². The van der Waals surface area contributed by atoms with Gasteiger partial charge in [-0.1, -0.05) is 11.6 Å². The van der Waals surface area contributed by atoms with Crippen molar-refractivity contribution in [2.75, 3.05) is 5.32 Å². The first-order valence-electron chi connectivity index (χ1n) is 11.1. The van der Waals surface area contributed by atoms with Crippen LogP contribution in [0, 0.1) is 17.5 Å². The van der Waals surface area contributed by atoms with Gasteiger partial charge in [0.2, 0.25) is 0 Å². The van der Waals surface area contributed by atoms with Crippen LogP contribution in [0.4, 0.5) is 19.0 Å². The van der Waals surface area contributed by atoms with Crippen LogP contribution in [-0.4, -0.2) is 37.9 Å². The van der Waals surface area contributed by atoms with Crippen LogP contribution < -0.4 is 10.6 Å². The molecule has 0 bridgehead atoms. The molecule has 2 atom stereocenters. The van der Waals surface area contributed by atoms with Gasteiger partial charge in [0.15, 0.2) is 17.5 Å². The van der Waals surface area contributed by atoms with Crippen molar-refractivity contribution in [2.24, 2.45) is 0 Å². The fraction of sp³-hybridized carbons (Fsp3) is 0.250. The number of nitrogens with zero attached hydrogens (tertiary/aromatic N) is 3. The molecule has 5 rings (SSSR count). The normalized spacial score (nSPS) is 17.9. The molecule has 0 saturated heterocycles. The Morgan fingerprint density at radius 3 is 2.74 bits per heavy atom. The Morgan fingerprint density at radius 1 is 1.09 bits per heavy atom. The minimum Gasteiger partial charge on any atom is -0.365 e. The van der Waals surface area contributed by atoms with Crippen molar-refractivity contribution >= 4 is 34.2 Å². The molecule has 1 saturated carbocycles. The van der Waals surface area contributed by atoms with E-state index in [9.17, 15) is 18.0 Å². The first kappa shape index (κ1) is 23.1. The summed E-state index contributed by atoms with van der Waals surface area (Å²) in [6.07, 6.45) is 6.83. The average Bonchev–Trinajstić information content (AvgIpc) is 3.25. The quantitative estimate of drug-likeness (QED) is 0.348. The van der Waals surface area contributed by atoms with Crippen LogP contribution in [0.2, 0.25) is 5.02 Å². The van der Waals surface area contributed by atoms with Gasteiger partial charge in [0.05, 0.1) is 11.7 Å². The number of H-pyrrole nitrogens is 1. The van der Waals surface area contributed by atoms with E-state index in [1.54, 1.807) is 6.07 Å². The molecule has 0 radical (unpaired) electrons. The van der Waals surface area contributed by atoms with Crippen molar-refractivity contribution < 1.29 is 18.0 Å². The van der Waals surface area contributed by atoms with Gasteiger partial charge in [0, 0.05) is 46.5 Å². The van der Waals surface area contributed by atoms with E-state index in [0.29, 0.717) is 17.0 Å². The first-order chi connectivity index (χ1) is 16.9. The Morgan fingerprint density at radius 2 is 1.91 bits per heavy atom. The number of aromatic nitrogens is 4. The summed E-state index contributed by atoms with van der Waals surface area (Å²) in [6.45, 7) is 0. The predicted molar refractivity (Wildman–Crippen MR) is 126 cm³/mol. The second kappa shape index (κ2) is 9.53. The van der Waals surface area contributed by atoms with Crippen LogP contribution >= 0.6 is 11.6 Å². The van der Waals surface area contributed by atoms with Gasteiger partial charge >= 0.3 is 0 Å². The van der Waals surface area contributed by atoms with Crippen LogP contribution in [0.3, 0.4) is 0 Å². The Labute approximate surface area is 203 Å². The summed E-state index contributed by atoms with van der Waals surface area (Å²) in [6, 6.07) is 4.74. The van der Waals surface area contributed by atoms with Crippen molar-refractivity contribution in [2.45, 2.75) is 37.8 Å². The Bertz CT molecular complexity index is 1410. The minimum absolute atomic E-state index is 0.0188. The highest BCUT2D eigenvalue weighted by atomic mass is 35.5. The third kappa shape index (κ3) is 4.93. The molecule has 11 heteroatoms. The molecule has 1 aromatic carbocycles. The lowest BCUT2D eigenvalue weighted by molar-refractivity contribution is 0.0921. The number of fused-ring (bicyclic) bond motifs is 1. The molecule has 1 amide bonds. The van der Waals surface area contributed by atoms with E-state index in [0.717, 1.165) is 31.5 Å². The molecule has 1 fully saturated rings. The van der Waals surface area contributed by atoms with Gasteiger partial charge < -0.3 is 15.6 Å². The number of anilines is 1. The van der Waals surface area contributed by atoms with Crippen LogP contribution in [0.25, 0.3) is 22.3 Å². The smallest absolute Gasteiger partial charge is 0.270 e. The van der Waals surface area contributed by atoms with Crippen molar-refractivity contribution in [1.29, 1.82) is 0 Å². The van der Waals surface area contributed by atoms with Gasteiger partial charge in [-0.25, -0.2) is 23.1 Å². The van der Waals surface area contributed by atoms with Crippen molar-refractivity contribution in [1.82, 2.24) is 25.3 Å². The Hall–Kier alpha value is -3.66. The number of aromatic amines is 1. The lowest BCUT2D eigenvalue weighted by Gasteiger charge is -2.30. The molecule has 1 aliphatic rings. The molecular weight excluding hydrogens is 481 g/mol. The summed E-state index contributed by atoms with van der Waals surface area (Å²) in [4.78, 5) is 27.6. The zero-order valence-corrected chi connectivity index (χ0v) is 19.0. The van der Waals surface area contributed by atoms with Crippen molar-refractivity contribution in [3.05, 3.63) is 71.0 Å². The maximum Gasteiger partial charge on any atom is 0.270 e. The first-order valence-corrected chi connectivity index (χ1v) is 11.4. The Kier molecular flexibility index (Phi) is 6.29. The molecule has 7 nitrogen and oxygen atoms in total. The van der Waals surface area contributed by atoms with Crippen molar-refractivity contribution in [3.8, 4) is 11.4 Å². The second-order valence-corrected chi connectivity index (χ2v) is 8.88. The number of carbonyl (C=O) groups excluding carboxylic acids is 1. The lowest BCUT2D eigenvalue weighted by Crippen LogP contribution is -2.42. The van der Waals surface area contributed by atoms with Crippen LogP contribution in [0.15, 0.2) is 42.9 Å². The van der Waals surface area contributed by atoms with Gasteiger partial charge in [0.25, 0.3) is 5.91 Å². The molecule has 0 spiro atoms. The maximum absolute atomic E-state index is 14.6. The highest BCUT2D eigenvalue weighted by Gasteiger charge is 2.25. The van der Waals surface area contributed by atoms with E-state index >= 15 is 0 Å². The number of amides is 1. The third-order valence-electron chi connectivity index (χ3n) is 6.00. The van der Waals surface area contributed by atoms with Gasteiger partial charge in [-0.2, -0.15) is 0 Å². The molecule has 1 aliphatic carbocycles. The number of pyridine rings is 1. The SMILES string of the molecule is O=C(N[C@@H]1CCC[C@H](Nc2nc(-c3c[nH]c4c(F)cc(F)cc34)ncc2F)C1)c1cc(Cl)ccn1. The summed E-state index contributed by atoms with van der Waals surface area (Å²) < 4.78 is 42.4. The predicted octanol–water partition coefficient (Wildman–Crippen LogP) is 5.24. The highest BCUT2D eigenvalue weighted by Crippen LogP contribution is 2.30. The number of nitrogens with one attached hydrogen (secondary N) is 3. The molecule has 35 heavy (non-hydrogen) atoms. The summed E-state index contributed by atoms with van der Waals surface area (Å²) in [5.74, 6) is -2.35. The lowest BCUT2D eigenvalue weighted by atomic mass is 9.91. The molecule has 4 aromatic rings. The topological polar surface area (TPSA) is 95.6 Å². The molecule has 3 heterocycles. The number of hydrogen-bond donors (Lipinski definition) is 3. The van der Waals surface area contributed by atoms with E-state index < -0.39 is 17.5 Å². The monoisotopic (exact) mass is 500 g/mol. The number of benzene rings is 1. The van der Waals surface area contributed by atoms with E-state index in [-0.39, 0.29) is 46.2 Å². The Balaban J connectivity index is 1.32. The van der Waals surface area contributed by atoms with Gasteiger partial charge in [0.1, 0.15) is 17.3 Å². The number of carbonyl (C=O) groups is 1. The van der Waals surface area contributed by atoms with Crippen LogP contribution in [0.1, 0.15) is 36.2 Å². The van der Waals surface area contributed by atoms with E-state index in [1.807, 2.05) is 0 Å². The fourth-order valence-electron chi connectivity index (χ4n) is 4.37. The summed E-state index contributed by atoms with van der Waals surface area (Å²) in [5, 5.41) is 6.74. The standard InChI is InChI=1S/C24H20ClF3N6O/c25-12-4-5-29-20(6-12)24(35)33-15-3-1-2-14(9-15)32-23-19(28)11-31-22(34-23)17-10-30-21-16(17)7-13(26)8-18(21)27/h4-8,10-11,14-15,30H,1-3,9H2,(H,33,35)(H,31,32,34)/t14-,15+/m0/s1. The molecule has 0 aliphatic heterocycles. The second-order valence-electron chi connectivity index (χ2n) is 8.44. The number of rotatable bonds is 5. The van der Waals surface area contributed by atoms with Gasteiger partial charge in [-0.05, 0) is 43.9 Å². The minimum atomic E-state index is -0.741. The molecule has 3 N–H and O–H groups in total. The number of hydrogen-bond acceptors (Lipinski definition) is 5. The summed E-state index contributed by atoms with van der Waals surface area (Å²) in [7, 11) is 0. The van der Waals surface area contributed by atoms with Gasteiger partial charge in [-0.3, -0.25) is 9.78 Å². The van der Waals surface area contributed by atoms with Crippen molar-refractivity contribution in [3.63, 3.8) is 0 Å². The molecule has 3 aromatic heterocycles. The molecule has 0 unspecified atom stereocenters. The maximum atomic E-state index is 14.6. The fourth-order valence-corrected chi connectivity index (χ4v) is 4.53. The zero-order valence-electron chi connectivity index (χ0n) is 18.3. The molecular formula is C24H20ClF3N6O. The number of halogens is 4. The van der Waals surface area contributed by atoms with Crippen LogP contribution in [0.5, 0.6) is 0 Å². The average molecular weight is 501 g/mol. The zero-order chi connectivity index (χ0) is 24.5. The highest BCUT2D eigenvalue weighted by molar-refractivity contribution is 6.30.